The maximum atomic E-state index is 12.8. The minimum atomic E-state index is -3.89. The molecule has 0 aliphatic heterocycles. The zero-order valence-corrected chi connectivity index (χ0v) is 9.05. The van der Waals surface area contributed by atoms with Crippen LogP contribution in [-0.2, 0) is 0 Å². The molecule has 0 atom stereocenters. The third-order valence-corrected chi connectivity index (χ3v) is 2.34. The quantitative estimate of drug-likeness (QED) is 0.438. The largest absolute Gasteiger partial charge is 0.343 e. The summed E-state index contributed by atoms with van der Waals surface area (Å²) in [6.45, 7) is 2.06. The number of unbranched alkanes of at least 4 members (excludes halogenated alkanes) is 5. The van der Waals surface area contributed by atoms with E-state index in [0.29, 0.717) is 6.42 Å². The molecule has 0 aromatic rings. The number of rotatable bonds is 8. The maximum Gasteiger partial charge on any atom is 0.343 e. The molecule has 0 saturated carbocycles. The number of halogens is 2. The molecule has 5 heteroatoms. The number of hydrogen-bond donors (Lipinski definition) is 3. The Kier molecular flexibility index (Phi) is 6.24. The second kappa shape index (κ2) is 6.35. The zero-order chi connectivity index (χ0) is 11.9. The maximum absolute atomic E-state index is 12.8. The molecule has 0 fully saturated rings. The lowest BCUT2D eigenvalue weighted by molar-refractivity contribution is -0.407. The van der Waals surface area contributed by atoms with Crippen LogP contribution >= 0.6 is 0 Å². The third-order valence-electron chi connectivity index (χ3n) is 2.34. The van der Waals surface area contributed by atoms with Crippen LogP contribution in [0.2, 0.25) is 0 Å². The normalized spacial score (nSPS) is 13.2. The smallest absolute Gasteiger partial charge is 0.339 e. The van der Waals surface area contributed by atoms with E-state index in [1.165, 1.54) is 0 Å². The zero-order valence-electron chi connectivity index (χ0n) is 9.05. The van der Waals surface area contributed by atoms with Gasteiger partial charge < -0.3 is 15.3 Å². The Labute approximate surface area is 88.7 Å². The van der Waals surface area contributed by atoms with Crippen LogP contribution in [0.3, 0.4) is 0 Å². The molecule has 92 valence electrons. The molecule has 0 aliphatic rings. The van der Waals surface area contributed by atoms with Gasteiger partial charge in [0.25, 0.3) is 0 Å². The molecule has 0 unspecified atom stereocenters. The Morgan fingerprint density at radius 3 is 1.80 bits per heavy atom. The van der Waals surface area contributed by atoms with Crippen molar-refractivity contribution in [1.82, 2.24) is 0 Å². The summed E-state index contributed by atoms with van der Waals surface area (Å²) >= 11 is 0. The van der Waals surface area contributed by atoms with Gasteiger partial charge in [-0.05, 0) is 6.42 Å². The number of hydrogen-bond acceptors (Lipinski definition) is 3. The standard InChI is InChI=1S/C10H20F2O3/c1-2-3-4-5-6-7-8-9(11,12)10(13,14)15/h13-15H,2-8H2,1H3. The average molecular weight is 226 g/mol. The number of aliphatic hydroxyl groups is 3. The minimum Gasteiger partial charge on any atom is -0.339 e. The SMILES string of the molecule is CCCCCCCCC(F)(F)C(O)(O)O. The summed E-state index contributed by atoms with van der Waals surface area (Å²) < 4.78 is 25.5. The van der Waals surface area contributed by atoms with Gasteiger partial charge in [0.15, 0.2) is 0 Å². The van der Waals surface area contributed by atoms with Crippen LogP contribution < -0.4 is 0 Å². The first-order valence-electron chi connectivity index (χ1n) is 5.36. The van der Waals surface area contributed by atoms with Crippen LogP contribution in [0.25, 0.3) is 0 Å². The lowest BCUT2D eigenvalue weighted by atomic mass is 10.1. The van der Waals surface area contributed by atoms with Gasteiger partial charge in [-0.15, -0.1) is 0 Å². The van der Waals surface area contributed by atoms with Crippen molar-refractivity contribution < 1.29 is 24.1 Å². The molecule has 0 aromatic carbocycles. The summed E-state index contributed by atoms with van der Waals surface area (Å²) in [5.41, 5.74) is 0. The summed E-state index contributed by atoms with van der Waals surface area (Å²) in [6.07, 6.45) is 4.13. The second-order valence-electron chi connectivity index (χ2n) is 3.86. The Morgan fingerprint density at radius 2 is 1.33 bits per heavy atom. The summed E-state index contributed by atoms with van der Waals surface area (Å²) in [5.74, 6) is -7.74. The van der Waals surface area contributed by atoms with Gasteiger partial charge in [-0.3, -0.25) is 0 Å². The fraction of sp³-hybridized carbons (Fsp3) is 1.00. The molecule has 3 nitrogen and oxygen atoms in total. The van der Waals surface area contributed by atoms with Gasteiger partial charge in [-0.25, -0.2) is 0 Å². The first-order chi connectivity index (χ1) is 6.81. The van der Waals surface area contributed by atoms with Gasteiger partial charge in [0.05, 0.1) is 0 Å². The van der Waals surface area contributed by atoms with Gasteiger partial charge in [-0.2, -0.15) is 8.78 Å². The van der Waals surface area contributed by atoms with Crippen LogP contribution in [-0.4, -0.2) is 27.2 Å². The van der Waals surface area contributed by atoms with E-state index in [4.69, 9.17) is 15.3 Å². The molecule has 0 saturated heterocycles. The lowest BCUT2D eigenvalue weighted by Gasteiger charge is -2.25. The van der Waals surface area contributed by atoms with E-state index in [2.05, 4.69) is 6.92 Å². The second-order valence-corrected chi connectivity index (χ2v) is 3.86. The van der Waals surface area contributed by atoms with Crippen LogP contribution in [0.1, 0.15) is 51.9 Å². The van der Waals surface area contributed by atoms with E-state index >= 15 is 0 Å². The van der Waals surface area contributed by atoms with E-state index in [0.717, 1.165) is 25.7 Å². The highest BCUT2D eigenvalue weighted by Gasteiger charge is 2.50. The Morgan fingerprint density at radius 1 is 0.867 bits per heavy atom. The van der Waals surface area contributed by atoms with Gasteiger partial charge in [0.2, 0.25) is 0 Å². The predicted octanol–water partition coefficient (Wildman–Crippen LogP) is 2.00. The average Bonchev–Trinajstić information content (AvgIpc) is 2.09. The molecule has 0 rings (SSSR count). The van der Waals surface area contributed by atoms with Crippen molar-refractivity contribution in [1.29, 1.82) is 0 Å². The Bertz CT molecular complexity index is 167. The van der Waals surface area contributed by atoms with Crippen molar-refractivity contribution in [2.75, 3.05) is 0 Å². The molecule has 0 amide bonds. The molecule has 0 aliphatic carbocycles. The summed E-state index contributed by atoms with van der Waals surface area (Å²) in [7, 11) is 0. The molecule has 15 heavy (non-hydrogen) atoms. The first kappa shape index (κ1) is 14.7. The lowest BCUT2D eigenvalue weighted by Crippen LogP contribution is -2.47. The molecule has 0 bridgehead atoms. The minimum absolute atomic E-state index is 0.181. The van der Waals surface area contributed by atoms with E-state index in [9.17, 15) is 8.78 Å². The molecule has 0 heterocycles. The molecular weight excluding hydrogens is 206 g/mol. The highest BCUT2D eigenvalue weighted by molar-refractivity contribution is 4.73. The van der Waals surface area contributed by atoms with E-state index < -0.39 is 18.3 Å². The fourth-order valence-corrected chi connectivity index (χ4v) is 1.30. The number of alkyl halides is 2. The molecule has 0 aromatic heterocycles. The Hall–Kier alpha value is -0.260. The van der Waals surface area contributed by atoms with Crippen molar-refractivity contribution >= 4 is 0 Å². The van der Waals surface area contributed by atoms with Crippen molar-refractivity contribution in [2.24, 2.45) is 0 Å². The topological polar surface area (TPSA) is 60.7 Å². The molecule has 0 radical (unpaired) electrons. The summed E-state index contributed by atoms with van der Waals surface area (Å²) in [5, 5.41) is 25.0. The van der Waals surface area contributed by atoms with Crippen molar-refractivity contribution in [3.8, 4) is 0 Å². The summed E-state index contributed by atoms with van der Waals surface area (Å²) in [4.78, 5) is 0. The molecule has 0 spiro atoms. The van der Waals surface area contributed by atoms with Crippen molar-refractivity contribution in [2.45, 2.75) is 63.8 Å². The molecular formula is C10H20F2O3. The summed E-state index contributed by atoms with van der Waals surface area (Å²) in [6, 6.07) is 0. The van der Waals surface area contributed by atoms with Gasteiger partial charge >= 0.3 is 11.9 Å². The van der Waals surface area contributed by atoms with Crippen molar-refractivity contribution in [3.63, 3.8) is 0 Å². The fourth-order valence-electron chi connectivity index (χ4n) is 1.30. The highest BCUT2D eigenvalue weighted by Crippen LogP contribution is 2.30. The monoisotopic (exact) mass is 226 g/mol. The van der Waals surface area contributed by atoms with Gasteiger partial charge in [0.1, 0.15) is 0 Å². The molecule has 3 N–H and O–H groups in total. The van der Waals surface area contributed by atoms with Gasteiger partial charge in [-0.1, -0.05) is 39.0 Å². The first-order valence-corrected chi connectivity index (χ1v) is 5.36. The van der Waals surface area contributed by atoms with Crippen LogP contribution in [0.15, 0.2) is 0 Å². The van der Waals surface area contributed by atoms with E-state index in [1.54, 1.807) is 0 Å². The third kappa shape index (κ3) is 6.02. The van der Waals surface area contributed by atoms with Crippen LogP contribution in [0.5, 0.6) is 0 Å². The van der Waals surface area contributed by atoms with Crippen molar-refractivity contribution in [3.05, 3.63) is 0 Å². The van der Waals surface area contributed by atoms with Crippen LogP contribution in [0, 0.1) is 0 Å². The van der Waals surface area contributed by atoms with E-state index in [1.807, 2.05) is 0 Å². The van der Waals surface area contributed by atoms with Crippen LogP contribution in [0.4, 0.5) is 8.78 Å². The highest BCUT2D eigenvalue weighted by atomic mass is 19.3. The van der Waals surface area contributed by atoms with E-state index in [-0.39, 0.29) is 6.42 Å². The Balaban J connectivity index is 3.58. The predicted molar refractivity (Wildman–Crippen MR) is 52.3 cm³/mol. The van der Waals surface area contributed by atoms with Gasteiger partial charge in [0, 0.05) is 6.42 Å².